The number of hydrogen-bond acceptors (Lipinski definition) is 3. The quantitative estimate of drug-likeness (QED) is 0.857. The van der Waals surface area contributed by atoms with Crippen LogP contribution in [-0.4, -0.2) is 40.1 Å². The fourth-order valence-corrected chi connectivity index (χ4v) is 2.52. The Morgan fingerprint density at radius 3 is 2.60 bits per heavy atom. The molecule has 1 aliphatic rings. The molecule has 0 saturated carbocycles. The Morgan fingerprint density at radius 2 is 1.95 bits per heavy atom. The molecular weight excluding hydrogens is 258 g/mol. The number of rotatable bonds is 5. The molecule has 1 unspecified atom stereocenters. The Kier molecular flexibility index (Phi) is 4.61. The van der Waals surface area contributed by atoms with Crippen LogP contribution in [0.2, 0.25) is 0 Å². The minimum absolute atomic E-state index is 0.0634. The summed E-state index contributed by atoms with van der Waals surface area (Å²) in [6, 6.07) is 6.63. The van der Waals surface area contributed by atoms with Crippen LogP contribution in [0.1, 0.15) is 24.8 Å². The van der Waals surface area contributed by atoms with Gasteiger partial charge in [0.15, 0.2) is 0 Å². The van der Waals surface area contributed by atoms with Gasteiger partial charge in [0.1, 0.15) is 5.75 Å². The van der Waals surface area contributed by atoms with E-state index in [-0.39, 0.29) is 18.1 Å². The lowest BCUT2D eigenvalue weighted by atomic mass is 10.0. The van der Waals surface area contributed by atoms with Crippen molar-refractivity contribution in [2.24, 2.45) is 5.92 Å². The lowest BCUT2D eigenvalue weighted by Crippen LogP contribution is -2.30. The van der Waals surface area contributed by atoms with Gasteiger partial charge in [-0.15, -0.1) is 0 Å². The van der Waals surface area contributed by atoms with Crippen molar-refractivity contribution in [3.63, 3.8) is 0 Å². The van der Waals surface area contributed by atoms with Gasteiger partial charge in [-0.05, 0) is 36.5 Å². The largest absolute Gasteiger partial charge is 0.508 e. The number of benzene rings is 1. The van der Waals surface area contributed by atoms with Crippen molar-refractivity contribution in [1.82, 2.24) is 4.90 Å². The zero-order chi connectivity index (χ0) is 14.5. The van der Waals surface area contributed by atoms with Crippen LogP contribution in [0.25, 0.3) is 0 Å². The first-order chi connectivity index (χ1) is 9.54. The summed E-state index contributed by atoms with van der Waals surface area (Å²) in [6.45, 7) is 1.37. The number of phenols is 1. The van der Waals surface area contributed by atoms with Gasteiger partial charge in [-0.25, -0.2) is 0 Å². The molecule has 0 spiro atoms. The second-order valence-corrected chi connectivity index (χ2v) is 5.27. The van der Waals surface area contributed by atoms with Gasteiger partial charge in [0.25, 0.3) is 0 Å². The zero-order valence-corrected chi connectivity index (χ0v) is 11.3. The van der Waals surface area contributed by atoms with E-state index in [4.69, 9.17) is 5.11 Å². The average Bonchev–Trinajstić information content (AvgIpc) is 2.88. The van der Waals surface area contributed by atoms with Crippen molar-refractivity contribution in [3.8, 4) is 5.75 Å². The van der Waals surface area contributed by atoms with Gasteiger partial charge in [-0.3, -0.25) is 9.59 Å². The smallest absolute Gasteiger partial charge is 0.303 e. The van der Waals surface area contributed by atoms with Crippen LogP contribution in [-0.2, 0) is 16.0 Å². The number of phenolic OH excluding ortho intramolecular Hbond substituents is 1. The SMILES string of the molecule is O=C(O)CCC1CCN(C(=O)Cc2ccc(O)cc2)C1. The van der Waals surface area contributed by atoms with E-state index in [1.807, 2.05) is 0 Å². The molecule has 2 N–H and O–H groups in total. The Balaban J connectivity index is 1.82. The van der Waals surface area contributed by atoms with Crippen LogP contribution in [0.3, 0.4) is 0 Å². The van der Waals surface area contributed by atoms with Gasteiger partial charge in [-0.1, -0.05) is 12.1 Å². The molecule has 5 heteroatoms. The number of likely N-dealkylation sites (tertiary alicyclic amines) is 1. The van der Waals surface area contributed by atoms with E-state index in [1.165, 1.54) is 0 Å². The summed E-state index contributed by atoms with van der Waals surface area (Å²) in [6.07, 6.45) is 2.02. The van der Waals surface area contributed by atoms with Crippen LogP contribution in [0, 0.1) is 5.92 Å². The number of amides is 1. The standard InChI is InChI=1S/C15H19NO4/c17-13-4-1-11(2-5-13)9-14(18)16-8-7-12(10-16)3-6-15(19)20/h1-2,4-5,12,17H,3,6-10H2,(H,19,20). The predicted molar refractivity (Wildman–Crippen MR) is 73.4 cm³/mol. The number of carboxylic acid groups (broad SMARTS) is 1. The van der Waals surface area contributed by atoms with Gasteiger partial charge in [0.05, 0.1) is 6.42 Å². The van der Waals surface area contributed by atoms with Gasteiger partial charge >= 0.3 is 5.97 Å². The van der Waals surface area contributed by atoms with Gasteiger partial charge in [0, 0.05) is 19.5 Å². The third-order valence-electron chi connectivity index (χ3n) is 3.70. The van der Waals surface area contributed by atoms with Gasteiger partial charge < -0.3 is 15.1 Å². The molecule has 1 fully saturated rings. The van der Waals surface area contributed by atoms with Crippen LogP contribution in [0.15, 0.2) is 24.3 Å². The number of nitrogens with zero attached hydrogens (tertiary/aromatic N) is 1. The third kappa shape index (κ3) is 3.98. The highest BCUT2D eigenvalue weighted by Gasteiger charge is 2.26. The topological polar surface area (TPSA) is 77.8 Å². The first kappa shape index (κ1) is 14.4. The summed E-state index contributed by atoms with van der Waals surface area (Å²) in [5, 5.41) is 17.9. The lowest BCUT2D eigenvalue weighted by molar-refractivity contribution is -0.137. The number of hydrogen-bond donors (Lipinski definition) is 2. The minimum atomic E-state index is -0.779. The Bertz CT molecular complexity index is 483. The molecule has 20 heavy (non-hydrogen) atoms. The molecular formula is C15H19NO4. The first-order valence-electron chi connectivity index (χ1n) is 6.82. The van der Waals surface area contributed by atoms with Crippen LogP contribution in [0.4, 0.5) is 0 Å². The molecule has 1 aromatic rings. The fraction of sp³-hybridized carbons (Fsp3) is 0.467. The molecule has 108 valence electrons. The van der Waals surface area contributed by atoms with E-state index in [0.29, 0.717) is 31.8 Å². The Hall–Kier alpha value is -2.04. The zero-order valence-electron chi connectivity index (χ0n) is 11.3. The molecule has 1 aromatic carbocycles. The number of aromatic hydroxyl groups is 1. The maximum atomic E-state index is 12.1. The summed E-state index contributed by atoms with van der Waals surface area (Å²) in [5.74, 6) is -0.224. The van der Waals surface area contributed by atoms with Crippen molar-refractivity contribution in [1.29, 1.82) is 0 Å². The van der Waals surface area contributed by atoms with E-state index in [1.54, 1.807) is 29.2 Å². The van der Waals surface area contributed by atoms with E-state index in [9.17, 15) is 14.7 Å². The molecule has 0 aliphatic carbocycles. The first-order valence-corrected chi connectivity index (χ1v) is 6.82. The third-order valence-corrected chi connectivity index (χ3v) is 3.70. The Morgan fingerprint density at radius 1 is 1.25 bits per heavy atom. The highest BCUT2D eigenvalue weighted by Crippen LogP contribution is 2.22. The van der Waals surface area contributed by atoms with Crippen molar-refractivity contribution >= 4 is 11.9 Å². The highest BCUT2D eigenvalue weighted by atomic mass is 16.4. The fourth-order valence-electron chi connectivity index (χ4n) is 2.52. The maximum Gasteiger partial charge on any atom is 0.303 e. The van der Waals surface area contributed by atoms with E-state index in [0.717, 1.165) is 12.0 Å². The molecule has 1 saturated heterocycles. The molecule has 1 aliphatic heterocycles. The second-order valence-electron chi connectivity index (χ2n) is 5.27. The molecule has 0 bridgehead atoms. The van der Waals surface area contributed by atoms with Gasteiger partial charge in [0.2, 0.25) is 5.91 Å². The van der Waals surface area contributed by atoms with Crippen molar-refractivity contribution in [2.75, 3.05) is 13.1 Å². The van der Waals surface area contributed by atoms with Crippen molar-refractivity contribution < 1.29 is 19.8 Å². The summed E-state index contributed by atoms with van der Waals surface area (Å²) < 4.78 is 0. The van der Waals surface area contributed by atoms with Crippen LogP contribution >= 0.6 is 0 Å². The molecule has 0 radical (unpaired) electrons. The number of carboxylic acids is 1. The summed E-state index contributed by atoms with van der Waals surface area (Å²) >= 11 is 0. The van der Waals surface area contributed by atoms with Gasteiger partial charge in [-0.2, -0.15) is 0 Å². The summed E-state index contributed by atoms with van der Waals surface area (Å²) in [7, 11) is 0. The van der Waals surface area contributed by atoms with Crippen molar-refractivity contribution in [2.45, 2.75) is 25.7 Å². The van der Waals surface area contributed by atoms with E-state index in [2.05, 4.69) is 0 Å². The molecule has 1 atom stereocenters. The average molecular weight is 277 g/mol. The molecule has 5 nitrogen and oxygen atoms in total. The lowest BCUT2D eigenvalue weighted by Gasteiger charge is -2.16. The van der Waals surface area contributed by atoms with Crippen LogP contribution in [0.5, 0.6) is 5.75 Å². The molecule has 0 aromatic heterocycles. The van der Waals surface area contributed by atoms with E-state index >= 15 is 0 Å². The highest BCUT2D eigenvalue weighted by molar-refractivity contribution is 5.79. The maximum absolute atomic E-state index is 12.1. The summed E-state index contributed by atoms with van der Waals surface area (Å²) in [4.78, 5) is 24.5. The minimum Gasteiger partial charge on any atom is -0.508 e. The molecule has 1 heterocycles. The molecule has 1 amide bonds. The number of aliphatic carboxylic acids is 1. The van der Waals surface area contributed by atoms with Crippen LogP contribution < -0.4 is 0 Å². The van der Waals surface area contributed by atoms with Crippen molar-refractivity contribution in [3.05, 3.63) is 29.8 Å². The number of carbonyl (C=O) groups is 2. The predicted octanol–water partition coefficient (Wildman–Crippen LogP) is 1.65. The summed E-state index contributed by atoms with van der Waals surface area (Å²) in [5.41, 5.74) is 0.877. The molecule has 2 rings (SSSR count). The second kappa shape index (κ2) is 6.41. The number of carbonyl (C=O) groups excluding carboxylic acids is 1. The Labute approximate surface area is 117 Å². The van der Waals surface area contributed by atoms with E-state index < -0.39 is 5.97 Å². The normalized spacial score (nSPS) is 18.2. The monoisotopic (exact) mass is 277 g/mol.